The molecule has 0 unspecified atom stereocenters. The fourth-order valence-corrected chi connectivity index (χ4v) is 13.2. The van der Waals surface area contributed by atoms with Crippen LogP contribution in [0, 0.1) is 21.7 Å². The Labute approximate surface area is 836 Å². The van der Waals surface area contributed by atoms with E-state index in [1.807, 2.05) is 214 Å². The van der Waals surface area contributed by atoms with E-state index in [1.54, 1.807) is 104 Å². The number of halogens is 10. The SMILES string of the molecule is BrB(Br)Br.BrBr.CC(C)(C)C(=O)Cl.CC(C)(C)C(=O)Nc1c(Br)cc(O)c2cccnc12.CC(C)(C)C(=O)Nc1c(Br)cc(OCc2ccccc2)c2cccnc12.CC(C)(C)c1nc2c(cc(OCc3ccccc3)c3cccnc32)o1.COc1cc(Br)c(N)c2ncccc12.COc1cc(Br)c(NC(=O)C(C)(C)C)c2ncccc12.COc1ccc(N)c2ncccc12. The molecule has 23 nitrogen and oxygen atoms in total. The Balaban J connectivity index is 0.000000210. The summed E-state index contributed by atoms with van der Waals surface area (Å²) in [6, 6.07) is 55.4. The summed E-state index contributed by atoms with van der Waals surface area (Å²) in [7, 11) is 4.88. The highest BCUT2D eigenvalue weighted by molar-refractivity contribution is 9.93. The van der Waals surface area contributed by atoms with Gasteiger partial charge in [0.1, 0.15) is 58.7 Å². The minimum Gasteiger partial charge on any atom is -0.507 e. The first-order valence-electron chi connectivity index (χ1n) is 40.0. The molecule has 0 atom stereocenters. The van der Waals surface area contributed by atoms with E-state index in [0.29, 0.717) is 85.3 Å². The topological polar surface area (TPSA) is 326 Å². The van der Waals surface area contributed by atoms with Gasteiger partial charge in [0.25, 0.3) is 0 Å². The van der Waals surface area contributed by atoms with Gasteiger partial charge in [-0.1, -0.05) is 165 Å². The first kappa shape index (κ1) is 108. The third-order valence-electron chi connectivity index (χ3n) is 18.4. The predicted octanol–water partition coefficient (Wildman–Crippen LogP) is 28.6. The summed E-state index contributed by atoms with van der Waals surface area (Å²) in [5.74, 6) is 4.37. The van der Waals surface area contributed by atoms with Crippen molar-refractivity contribution in [1.82, 2.24) is 34.9 Å². The number of anilines is 5. The number of nitrogens with one attached hydrogen (secondary N) is 3. The number of aromatic nitrogens is 7. The first-order chi connectivity index (χ1) is 61.3. The van der Waals surface area contributed by atoms with Gasteiger partial charge in [-0.3, -0.25) is 49.1 Å². The Hall–Kier alpha value is -9.16. The van der Waals surface area contributed by atoms with E-state index in [0.717, 1.165) is 96.5 Å². The largest absolute Gasteiger partial charge is 0.507 e. The highest BCUT2D eigenvalue weighted by Crippen LogP contribution is 2.43. The van der Waals surface area contributed by atoms with Gasteiger partial charge in [0, 0.05) is 149 Å². The molecule has 3 amide bonds. The molecule has 684 valence electrons. The number of hydrogen-bond acceptors (Lipinski definition) is 20. The van der Waals surface area contributed by atoms with E-state index in [-0.39, 0.29) is 42.7 Å². The van der Waals surface area contributed by atoms with Crippen LogP contribution in [0.2, 0.25) is 0 Å². The van der Waals surface area contributed by atoms with Gasteiger partial charge in [-0.25, -0.2) is 4.98 Å². The van der Waals surface area contributed by atoms with Crippen LogP contribution in [0.1, 0.15) is 121 Å². The highest BCUT2D eigenvalue weighted by Gasteiger charge is 2.29. The van der Waals surface area contributed by atoms with Gasteiger partial charge in [0.05, 0.1) is 77.3 Å². The van der Waals surface area contributed by atoms with E-state index in [2.05, 4.69) is 211 Å². The number of nitrogen functional groups attached to an aromatic ring is 2. The lowest BCUT2D eigenvalue weighted by Crippen LogP contribution is -2.28. The number of hydrogen-bond donors (Lipinski definition) is 6. The summed E-state index contributed by atoms with van der Waals surface area (Å²) in [6.07, 6.45) is 10.2. The maximum Gasteiger partial charge on any atom is 0.369 e. The summed E-state index contributed by atoms with van der Waals surface area (Å²) in [4.78, 5) is 77.6. The molecule has 0 aliphatic heterocycles. The molecule has 15 rings (SSSR count). The van der Waals surface area contributed by atoms with Crippen molar-refractivity contribution in [3.8, 4) is 34.5 Å². The van der Waals surface area contributed by atoms with Crippen molar-refractivity contribution in [2.45, 2.75) is 122 Å². The van der Waals surface area contributed by atoms with Crippen LogP contribution in [0.15, 0.2) is 235 Å². The summed E-state index contributed by atoms with van der Waals surface area (Å²) >= 11 is 33.7. The van der Waals surface area contributed by atoms with Gasteiger partial charge in [0.15, 0.2) is 5.58 Å². The smallest absolute Gasteiger partial charge is 0.369 e. The predicted molar refractivity (Wildman–Crippen MR) is 564 cm³/mol. The summed E-state index contributed by atoms with van der Waals surface area (Å²) in [5.41, 5.74) is 20.9. The molecule has 0 fully saturated rings. The van der Waals surface area contributed by atoms with Crippen molar-refractivity contribution in [3.63, 3.8) is 0 Å². The number of methoxy groups -OCH3 is 3. The van der Waals surface area contributed by atoms with Crippen molar-refractivity contribution >= 4 is 282 Å². The molecule has 7 heterocycles. The molecule has 0 saturated carbocycles. The second kappa shape index (κ2) is 49.5. The molecule has 0 bridgehead atoms. The number of carbonyl (C=O) groups excluding carboxylic acids is 4. The van der Waals surface area contributed by atoms with Crippen LogP contribution < -0.4 is 51.1 Å². The molecule has 0 spiro atoms. The lowest BCUT2D eigenvalue weighted by atomic mass is 9.95. The molecule has 130 heavy (non-hydrogen) atoms. The lowest BCUT2D eigenvalue weighted by molar-refractivity contribution is -0.123. The second-order valence-electron chi connectivity index (χ2n) is 33.6. The lowest BCUT2D eigenvalue weighted by Gasteiger charge is -2.20. The average molecular weight is 2360 g/mol. The van der Waals surface area contributed by atoms with Crippen molar-refractivity contribution < 1.29 is 52.4 Å². The maximum atomic E-state index is 12.4. The Morgan fingerprint density at radius 3 is 1.10 bits per heavy atom. The zero-order chi connectivity index (χ0) is 96.3. The highest BCUT2D eigenvalue weighted by atomic mass is 80.9. The van der Waals surface area contributed by atoms with E-state index >= 15 is 0 Å². The first-order valence-corrected chi connectivity index (χ1v) is 50.0. The van der Waals surface area contributed by atoms with Crippen molar-refractivity contribution in [3.05, 3.63) is 248 Å². The maximum absolute atomic E-state index is 12.4. The van der Waals surface area contributed by atoms with Crippen LogP contribution in [0.4, 0.5) is 28.4 Å². The number of nitrogens with two attached hydrogens (primary N) is 2. The number of carbonyl (C=O) groups is 4. The number of amides is 3. The number of rotatable bonds is 12. The third kappa shape index (κ3) is 30.7. The van der Waals surface area contributed by atoms with Gasteiger partial charge in [-0.15, -0.1) is 47.3 Å². The summed E-state index contributed by atoms with van der Waals surface area (Å²) in [6.45, 7) is 29.3. The van der Waals surface area contributed by atoms with E-state index in [4.69, 9.17) is 51.2 Å². The molecule has 34 heteroatoms. The molecule has 8 N–H and O–H groups in total. The molecule has 0 aliphatic carbocycles. The van der Waals surface area contributed by atoms with Crippen molar-refractivity contribution in [1.29, 1.82) is 0 Å². The van der Waals surface area contributed by atoms with E-state index in [1.165, 1.54) is 0 Å². The Bertz CT molecular complexity index is 6400. The number of pyridine rings is 6. The number of ether oxygens (including phenoxy) is 5. The molecule has 0 aliphatic rings. The number of oxazole rings is 1. The fraction of sp³-hybridized carbons (Fsp3) is 0.260. The van der Waals surface area contributed by atoms with E-state index < -0.39 is 16.2 Å². The number of benzene rings is 8. The van der Waals surface area contributed by atoms with Crippen LogP contribution in [0.5, 0.6) is 34.5 Å². The monoisotopic (exact) mass is 2350 g/mol. The number of aromatic hydroxyl groups is 1. The van der Waals surface area contributed by atoms with Crippen LogP contribution in [0.25, 0.3) is 76.5 Å². The number of fused-ring (bicyclic) bond motifs is 8. The number of phenolic OH excluding ortho intramolecular Hbond substituents is 1. The fourth-order valence-electron chi connectivity index (χ4n) is 11.3. The molecule has 0 radical (unpaired) electrons. The zero-order valence-electron chi connectivity index (χ0n) is 74.8. The van der Waals surface area contributed by atoms with Gasteiger partial charge in [-0.05, 0) is 196 Å². The van der Waals surface area contributed by atoms with Gasteiger partial charge in [-0.2, -0.15) is 0 Å². The Morgan fingerprint density at radius 2 is 0.715 bits per heavy atom. The molecular formula is C96H101BBr9ClN12O11. The van der Waals surface area contributed by atoms with Crippen molar-refractivity contribution in [2.24, 2.45) is 21.7 Å². The summed E-state index contributed by atoms with van der Waals surface area (Å²) in [5, 5.41) is 23.5. The number of phenols is 1. The van der Waals surface area contributed by atoms with Crippen molar-refractivity contribution in [2.75, 3.05) is 48.7 Å². The van der Waals surface area contributed by atoms with Gasteiger partial charge in [0.2, 0.25) is 28.9 Å². The standard InChI is InChI=1S/C21H21BrN2O2.C21H20N2O2.C15H17BrN2O2.C14H15BrN2O2.C10H9BrN2O.C10H10N2O.C5H9ClO.BBr3.Br2/c1-21(2,3)20(25)24-19-16(22)12-17(15-10-7-11-23-18(15)19)26-13-14-8-5-4-6-9-14;1-21(2,3)20-23-19-17(25-20)12-16(15-10-7-11-22-18(15)19)24-13-14-8-5-4-6-9-14;1-15(2,3)14(19)18-13-10(16)8-11(20-4)9-6-5-7-17-12(9)13;1-14(2,3)13(19)17-12-9(15)7-10(18)8-5-4-6-16-11(8)12;1-14-8-5-7(11)9(12)10-6(8)3-2-4-13-10;1-13-9-5-4-8(11)10-7(9)3-2-6-12-10;1-5(2,3)4(6)7;2-1(3)4;1-2/h4-12H,13H2,1-3H3,(H,24,25);4-12H,13H2,1-3H3;5-8H,1-4H3,(H,18,19);4-7,18H,1-3H3,(H,17,19);2-5H,12H2,1H3;2-6H,11H2,1H3;1-3H3;;. The molecular weight excluding hydrogens is 2260 g/mol. The second-order valence-corrected chi connectivity index (χ2v) is 43.8. The molecule has 7 aromatic heterocycles. The Morgan fingerprint density at radius 1 is 0.400 bits per heavy atom. The minimum atomic E-state index is -0.502. The van der Waals surface area contributed by atoms with Gasteiger partial charge >= 0.3 is 3.18 Å². The van der Waals surface area contributed by atoms with Crippen LogP contribution in [-0.4, -0.2) is 87.5 Å². The molecule has 8 aromatic carbocycles. The van der Waals surface area contributed by atoms with Crippen LogP contribution in [0.3, 0.4) is 0 Å². The van der Waals surface area contributed by atoms with Crippen LogP contribution >= 0.6 is 151 Å². The average Bonchev–Trinajstić information content (AvgIpc) is 1.51. The van der Waals surface area contributed by atoms with E-state index in [9.17, 15) is 24.3 Å². The number of nitrogens with zero attached hydrogens (tertiary/aromatic N) is 7. The third-order valence-corrected chi connectivity index (χ3v) is 21.5. The molecule has 15 aromatic rings. The molecule has 0 saturated heterocycles. The zero-order valence-corrected chi connectivity index (χ0v) is 89.8. The minimum absolute atomic E-state index is 0.0599. The summed E-state index contributed by atoms with van der Waals surface area (Å²) < 4.78 is 37.1. The quantitative estimate of drug-likeness (QED) is 0.0286. The normalized spacial score (nSPS) is 11.0. The van der Waals surface area contributed by atoms with Gasteiger partial charge < -0.3 is 60.6 Å². The van der Waals surface area contributed by atoms with Crippen LogP contribution in [-0.2, 0) is 37.8 Å². The Kier molecular flexibility index (Phi) is 41.1.